The fourth-order valence-electron chi connectivity index (χ4n) is 2.23. The predicted octanol–water partition coefficient (Wildman–Crippen LogP) is 2.91. The molecule has 1 fully saturated rings. The molecule has 1 unspecified atom stereocenters. The highest BCUT2D eigenvalue weighted by molar-refractivity contribution is 7.19. The lowest BCUT2D eigenvalue weighted by Crippen LogP contribution is -2.52. The number of halogens is 2. The van der Waals surface area contributed by atoms with Crippen LogP contribution >= 0.6 is 35.3 Å². The second-order valence-corrected chi connectivity index (χ2v) is 6.45. The second-order valence-electron chi connectivity index (χ2n) is 4.73. The van der Waals surface area contributed by atoms with E-state index in [9.17, 15) is 4.79 Å². The van der Waals surface area contributed by atoms with Gasteiger partial charge >= 0.3 is 0 Å². The molecule has 0 radical (unpaired) electrons. The molecule has 1 saturated heterocycles. The van der Waals surface area contributed by atoms with Gasteiger partial charge in [0.25, 0.3) is 5.91 Å². The molecule has 1 aliphatic rings. The molecular weight excluding hydrogens is 333 g/mol. The Morgan fingerprint density at radius 2 is 2.38 bits per heavy atom. The van der Waals surface area contributed by atoms with Crippen LogP contribution in [0.2, 0.25) is 4.34 Å². The van der Waals surface area contributed by atoms with Gasteiger partial charge in [0.05, 0.1) is 9.21 Å². The van der Waals surface area contributed by atoms with E-state index in [0.717, 1.165) is 18.0 Å². The Kier molecular flexibility index (Phi) is 5.27. The van der Waals surface area contributed by atoms with Gasteiger partial charge in [0.15, 0.2) is 11.5 Å². The number of nitrogens with zero attached hydrogens (tertiary/aromatic N) is 2. The molecule has 0 spiro atoms. The van der Waals surface area contributed by atoms with Gasteiger partial charge in [-0.2, -0.15) is 0 Å². The van der Waals surface area contributed by atoms with Crippen LogP contribution in [-0.2, 0) is 0 Å². The first-order valence-electron chi connectivity index (χ1n) is 6.39. The molecule has 114 valence electrons. The lowest BCUT2D eigenvalue weighted by molar-refractivity contribution is 0.0645. The molecule has 0 saturated carbocycles. The maximum atomic E-state index is 12.4. The Morgan fingerprint density at radius 3 is 3.05 bits per heavy atom. The predicted molar refractivity (Wildman–Crippen MR) is 85.4 cm³/mol. The Labute approximate surface area is 137 Å². The highest BCUT2D eigenvalue weighted by Gasteiger charge is 2.26. The minimum atomic E-state index is -0.0864. The first kappa shape index (κ1) is 16.3. The Bertz CT molecular complexity index is 628. The van der Waals surface area contributed by atoms with Gasteiger partial charge in [-0.1, -0.05) is 16.8 Å². The van der Waals surface area contributed by atoms with Crippen LogP contribution in [0.1, 0.15) is 17.4 Å². The lowest BCUT2D eigenvalue weighted by Gasteiger charge is -2.33. The molecule has 21 heavy (non-hydrogen) atoms. The van der Waals surface area contributed by atoms with E-state index >= 15 is 0 Å². The van der Waals surface area contributed by atoms with E-state index < -0.39 is 0 Å². The molecule has 3 rings (SSSR count). The number of piperazine rings is 1. The average molecular weight is 348 g/mol. The molecule has 1 atom stereocenters. The van der Waals surface area contributed by atoms with Crippen molar-refractivity contribution in [1.82, 2.24) is 15.4 Å². The smallest absolute Gasteiger partial charge is 0.276 e. The molecule has 2 aromatic heterocycles. The van der Waals surface area contributed by atoms with Gasteiger partial charge in [0.2, 0.25) is 0 Å². The van der Waals surface area contributed by atoms with Crippen molar-refractivity contribution >= 4 is 41.3 Å². The standard InChI is InChI=1S/C13H14ClN3O2S.ClH/c1-8-7-15-4-5-17(8)13(18)9-6-10(19-16-9)11-2-3-12(14)20-11;/h2-3,6,8,15H,4-5,7H2,1H3;1H. The Balaban J connectivity index is 0.00000161. The van der Waals surface area contributed by atoms with Crippen molar-refractivity contribution in [2.24, 2.45) is 0 Å². The van der Waals surface area contributed by atoms with Crippen molar-refractivity contribution in [2.75, 3.05) is 19.6 Å². The van der Waals surface area contributed by atoms with E-state index in [1.807, 2.05) is 17.9 Å². The summed E-state index contributed by atoms with van der Waals surface area (Å²) in [5.74, 6) is 0.490. The number of thiophene rings is 1. The summed E-state index contributed by atoms with van der Waals surface area (Å²) in [5.41, 5.74) is 0.346. The highest BCUT2D eigenvalue weighted by Crippen LogP contribution is 2.31. The van der Waals surface area contributed by atoms with E-state index in [1.54, 1.807) is 12.1 Å². The number of hydrogen-bond acceptors (Lipinski definition) is 5. The number of carbonyl (C=O) groups excluding carboxylic acids is 1. The van der Waals surface area contributed by atoms with Crippen LogP contribution in [0.4, 0.5) is 0 Å². The van der Waals surface area contributed by atoms with Gasteiger partial charge in [-0.3, -0.25) is 4.79 Å². The topological polar surface area (TPSA) is 58.4 Å². The molecule has 1 aliphatic heterocycles. The highest BCUT2D eigenvalue weighted by atomic mass is 35.5. The molecular formula is C13H15Cl2N3O2S. The summed E-state index contributed by atoms with van der Waals surface area (Å²) in [6.07, 6.45) is 0. The maximum Gasteiger partial charge on any atom is 0.276 e. The monoisotopic (exact) mass is 347 g/mol. The van der Waals surface area contributed by atoms with Crippen LogP contribution in [-0.4, -0.2) is 41.6 Å². The van der Waals surface area contributed by atoms with Crippen LogP contribution in [0.25, 0.3) is 10.6 Å². The summed E-state index contributed by atoms with van der Waals surface area (Å²) in [4.78, 5) is 15.1. The first-order valence-corrected chi connectivity index (χ1v) is 7.58. The molecule has 2 aromatic rings. The van der Waals surface area contributed by atoms with Crippen LogP contribution in [0, 0.1) is 0 Å². The number of aromatic nitrogens is 1. The zero-order valence-corrected chi connectivity index (χ0v) is 13.7. The zero-order chi connectivity index (χ0) is 14.1. The molecule has 3 heterocycles. The van der Waals surface area contributed by atoms with Gasteiger partial charge in [-0.05, 0) is 19.1 Å². The molecule has 0 aliphatic carbocycles. The molecule has 5 nitrogen and oxygen atoms in total. The molecule has 0 bridgehead atoms. The van der Waals surface area contributed by atoms with Crippen molar-refractivity contribution in [1.29, 1.82) is 0 Å². The SMILES string of the molecule is CC1CNCCN1C(=O)c1cc(-c2ccc(Cl)s2)on1.Cl. The second kappa shape index (κ2) is 6.79. The molecule has 0 aromatic carbocycles. The number of rotatable bonds is 2. The summed E-state index contributed by atoms with van der Waals surface area (Å²) in [6, 6.07) is 5.49. The van der Waals surface area contributed by atoms with Crippen molar-refractivity contribution in [2.45, 2.75) is 13.0 Å². The summed E-state index contributed by atoms with van der Waals surface area (Å²) in [5, 5.41) is 7.14. The Morgan fingerprint density at radius 1 is 1.57 bits per heavy atom. The maximum absolute atomic E-state index is 12.4. The molecule has 1 N–H and O–H groups in total. The van der Waals surface area contributed by atoms with Gasteiger partial charge < -0.3 is 14.7 Å². The quantitative estimate of drug-likeness (QED) is 0.907. The summed E-state index contributed by atoms with van der Waals surface area (Å²) in [7, 11) is 0. The summed E-state index contributed by atoms with van der Waals surface area (Å²) < 4.78 is 5.93. The number of nitrogens with one attached hydrogen (secondary N) is 1. The van der Waals surface area contributed by atoms with Crippen molar-refractivity contribution in [3.63, 3.8) is 0 Å². The largest absolute Gasteiger partial charge is 0.355 e. The third kappa shape index (κ3) is 3.40. The van der Waals surface area contributed by atoms with E-state index in [4.69, 9.17) is 16.1 Å². The lowest BCUT2D eigenvalue weighted by atomic mass is 10.2. The number of carbonyl (C=O) groups is 1. The minimum Gasteiger partial charge on any atom is -0.355 e. The van der Waals surface area contributed by atoms with Gasteiger partial charge in [-0.15, -0.1) is 23.7 Å². The van der Waals surface area contributed by atoms with Gasteiger partial charge in [-0.25, -0.2) is 0 Å². The van der Waals surface area contributed by atoms with E-state index in [-0.39, 0.29) is 24.4 Å². The average Bonchev–Trinajstić information content (AvgIpc) is 3.07. The van der Waals surface area contributed by atoms with Crippen molar-refractivity contribution in [3.05, 3.63) is 28.2 Å². The van der Waals surface area contributed by atoms with Crippen LogP contribution in [0.15, 0.2) is 22.7 Å². The fourth-order valence-corrected chi connectivity index (χ4v) is 3.22. The van der Waals surface area contributed by atoms with Crippen LogP contribution in [0.5, 0.6) is 0 Å². The van der Waals surface area contributed by atoms with E-state index in [1.165, 1.54) is 11.3 Å². The summed E-state index contributed by atoms with van der Waals surface area (Å²) in [6.45, 7) is 4.31. The summed E-state index contributed by atoms with van der Waals surface area (Å²) >= 11 is 7.29. The van der Waals surface area contributed by atoms with Crippen LogP contribution in [0.3, 0.4) is 0 Å². The fraction of sp³-hybridized carbons (Fsp3) is 0.385. The van der Waals surface area contributed by atoms with Crippen LogP contribution < -0.4 is 5.32 Å². The van der Waals surface area contributed by atoms with Crippen molar-refractivity contribution < 1.29 is 9.32 Å². The Hall–Kier alpha value is -1.08. The number of amides is 1. The van der Waals surface area contributed by atoms with Crippen molar-refractivity contribution in [3.8, 4) is 10.6 Å². The third-order valence-electron chi connectivity index (χ3n) is 3.31. The first-order chi connectivity index (χ1) is 9.65. The number of hydrogen-bond donors (Lipinski definition) is 1. The normalized spacial score (nSPS) is 18.4. The third-order valence-corrected chi connectivity index (χ3v) is 4.55. The minimum absolute atomic E-state index is 0. The van der Waals surface area contributed by atoms with Gasteiger partial charge in [0, 0.05) is 31.7 Å². The molecule has 1 amide bonds. The van der Waals surface area contributed by atoms with Gasteiger partial charge in [0.1, 0.15) is 0 Å². The zero-order valence-electron chi connectivity index (χ0n) is 11.3. The molecule has 8 heteroatoms. The van der Waals surface area contributed by atoms with E-state index in [0.29, 0.717) is 22.3 Å². The van der Waals surface area contributed by atoms with E-state index in [2.05, 4.69) is 10.5 Å².